The Labute approximate surface area is 137 Å². The van der Waals surface area contributed by atoms with E-state index < -0.39 is 23.3 Å². The number of aliphatic hydroxyl groups is 1. The molecule has 0 spiro atoms. The highest BCUT2D eigenvalue weighted by Crippen LogP contribution is 2.23. The van der Waals surface area contributed by atoms with Gasteiger partial charge in [-0.1, -0.05) is 0 Å². The molecule has 0 fully saturated rings. The summed E-state index contributed by atoms with van der Waals surface area (Å²) in [6, 6.07) is 3.82. The number of aromatic nitrogens is 2. The predicted molar refractivity (Wildman–Crippen MR) is 83.0 cm³/mol. The number of anilines is 1. The van der Waals surface area contributed by atoms with E-state index in [1.165, 1.54) is 10.7 Å². The Balaban J connectivity index is 2.10. The maximum atomic E-state index is 13.3. The van der Waals surface area contributed by atoms with E-state index in [4.69, 9.17) is 9.94 Å². The van der Waals surface area contributed by atoms with Crippen LogP contribution in [0.25, 0.3) is 11.3 Å². The molecule has 24 heavy (non-hydrogen) atoms. The maximum Gasteiger partial charge on any atom is 0.344 e. The van der Waals surface area contributed by atoms with Crippen LogP contribution >= 0.6 is 0 Å². The number of halogens is 2. The molecule has 7 nitrogen and oxygen atoms in total. The topological polar surface area (TPSA) is 88.4 Å². The van der Waals surface area contributed by atoms with Crippen molar-refractivity contribution in [2.75, 3.05) is 11.9 Å². The molecule has 0 radical (unpaired) electrons. The van der Waals surface area contributed by atoms with Crippen molar-refractivity contribution in [1.29, 1.82) is 0 Å². The van der Waals surface area contributed by atoms with Crippen LogP contribution in [0, 0.1) is 11.6 Å². The Morgan fingerprint density at radius 3 is 2.50 bits per heavy atom. The Hall–Kier alpha value is -2.52. The van der Waals surface area contributed by atoms with Gasteiger partial charge in [-0.2, -0.15) is 5.10 Å². The highest BCUT2D eigenvalue weighted by atomic mass is 19.1. The van der Waals surface area contributed by atoms with Crippen LogP contribution in [0.3, 0.4) is 0 Å². The fourth-order valence-corrected chi connectivity index (χ4v) is 1.79. The van der Waals surface area contributed by atoms with Crippen molar-refractivity contribution in [2.45, 2.75) is 19.4 Å². The fourth-order valence-electron chi connectivity index (χ4n) is 1.79. The van der Waals surface area contributed by atoms with Gasteiger partial charge < -0.3 is 5.11 Å². The van der Waals surface area contributed by atoms with Crippen LogP contribution in [0.4, 0.5) is 19.4 Å². The van der Waals surface area contributed by atoms with Gasteiger partial charge in [-0.25, -0.2) is 19.1 Å². The lowest BCUT2D eigenvalue weighted by atomic mass is 10.1. The van der Waals surface area contributed by atoms with E-state index in [0.717, 1.165) is 18.2 Å². The molecule has 1 heterocycles. The van der Waals surface area contributed by atoms with E-state index in [1.807, 2.05) is 0 Å². The van der Waals surface area contributed by atoms with Gasteiger partial charge in [-0.3, -0.25) is 14.8 Å². The third kappa shape index (κ3) is 4.49. The van der Waals surface area contributed by atoms with Gasteiger partial charge in [0.25, 0.3) is 0 Å². The Morgan fingerprint density at radius 1 is 1.29 bits per heavy atom. The number of hydrogen-bond donors (Lipinski definition) is 3. The van der Waals surface area contributed by atoms with Crippen molar-refractivity contribution in [3.05, 3.63) is 35.9 Å². The predicted octanol–water partition coefficient (Wildman–Crippen LogP) is 2.19. The molecule has 130 valence electrons. The second-order valence-corrected chi connectivity index (χ2v) is 5.77. The zero-order valence-electron chi connectivity index (χ0n) is 13.4. The first kappa shape index (κ1) is 17.8. The van der Waals surface area contributed by atoms with Crippen LogP contribution in [0.2, 0.25) is 0 Å². The number of aliphatic hydroxyl groups excluding tert-OH is 1. The van der Waals surface area contributed by atoms with Gasteiger partial charge in [0.1, 0.15) is 23.1 Å². The van der Waals surface area contributed by atoms with Crippen molar-refractivity contribution in [1.82, 2.24) is 15.3 Å². The minimum Gasteiger partial charge on any atom is -0.393 e. The average molecular weight is 340 g/mol. The van der Waals surface area contributed by atoms with Crippen LogP contribution in [0.1, 0.15) is 13.8 Å². The summed E-state index contributed by atoms with van der Waals surface area (Å²) >= 11 is 0. The standard InChI is InChI=1S/C15H18F2N4O3/c1-15(2,8-22)24-20-14(23)18-13-7-12(19-21(13)3)9-4-10(16)6-11(17)5-9/h4-7,22H,8H2,1-3H3,(H2,18,20,23). The largest absolute Gasteiger partial charge is 0.393 e. The van der Waals surface area contributed by atoms with Gasteiger partial charge in [-0.15, -0.1) is 0 Å². The number of aryl methyl sites for hydroxylation is 1. The average Bonchev–Trinajstić information content (AvgIpc) is 2.85. The number of benzene rings is 1. The zero-order chi connectivity index (χ0) is 17.9. The molecule has 2 aromatic rings. The van der Waals surface area contributed by atoms with E-state index in [9.17, 15) is 13.6 Å². The van der Waals surface area contributed by atoms with E-state index in [-0.39, 0.29) is 18.0 Å². The number of nitrogens with one attached hydrogen (secondary N) is 2. The molecular weight excluding hydrogens is 322 g/mol. The lowest BCUT2D eigenvalue weighted by Gasteiger charge is -2.21. The van der Waals surface area contributed by atoms with E-state index in [0.29, 0.717) is 5.69 Å². The number of carbonyl (C=O) groups excluding carboxylic acids is 1. The summed E-state index contributed by atoms with van der Waals surface area (Å²) in [6.07, 6.45) is 0. The van der Waals surface area contributed by atoms with Crippen LogP contribution in [-0.2, 0) is 11.9 Å². The normalized spacial score (nSPS) is 11.4. The molecular formula is C15H18F2N4O3. The summed E-state index contributed by atoms with van der Waals surface area (Å²) in [4.78, 5) is 16.8. The lowest BCUT2D eigenvalue weighted by molar-refractivity contribution is -0.0907. The fraction of sp³-hybridized carbons (Fsp3) is 0.333. The highest BCUT2D eigenvalue weighted by Gasteiger charge is 2.19. The first-order chi connectivity index (χ1) is 11.2. The Kier molecular flexibility index (Phi) is 5.15. The molecule has 1 aromatic carbocycles. The third-order valence-corrected chi connectivity index (χ3v) is 3.08. The van der Waals surface area contributed by atoms with Gasteiger partial charge >= 0.3 is 6.03 Å². The minimum atomic E-state index is -0.936. The molecule has 0 aliphatic heterocycles. The van der Waals surface area contributed by atoms with E-state index in [2.05, 4.69) is 15.9 Å². The van der Waals surface area contributed by atoms with Gasteiger partial charge in [0.15, 0.2) is 0 Å². The molecule has 0 bridgehead atoms. The second kappa shape index (κ2) is 6.93. The van der Waals surface area contributed by atoms with Gasteiger partial charge in [0.2, 0.25) is 0 Å². The first-order valence-corrected chi connectivity index (χ1v) is 7.06. The molecule has 0 aliphatic carbocycles. The minimum absolute atomic E-state index is 0.245. The van der Waals surface area contributed by atoms with Crippen molar-refractivity contribution < 1.29 is 23.5 Å². The Bertz CT molecular complexity index is 726. The Morgan fingerprint density at radius 2 is 1.92 bits per heavy atom. The monoisotopic (exact) mass is 340 g/mol. The molecule has 3 N–H and O–H groups in total. The molecule has 0 saturated carbocycles. The number of urea groups is 1. The van der Waals surface area contributed by atoms with Crippen LogP contribution in [0.15, 0.2) is 24.3 Å². The smallest absolute Gasteiger partial charge is 0.344 e. The van der Waals surface area contributed by atoms with Crippen molar-refractivity contribution in [3.63, 3.8) is 0 Å². The number of amides is 2. The second-order valence-electron chi connectivity index (χ2n) is 5.77. The van der Waals surface area contributed by atoms with Gasteiger partial charge in [-0.05, 0) is 26.0 Å². The SMILES string of the molecule is Cn1nc(-c2cc(F)cc(F)c2)cc1NC(=O)NOC(C)(C)CO. The van der Waals surface area contributed by atoms with Gasteiger partial charge in [0.05, 0.1) is 12.3 Å². The number of carbonyl (C=O) groups is 1. The molecule has 0 saturated heterocycles. The quantitative estimate of drug-likeness (QED) is 0.728. The van der Waals surface area contributed by atoms with Crippen LogP contribution in [0.5, 0.6) is 0 Å². The maximum absolute atomic E-state index is 13.3. The first-order valence-electron chi connectivity index (χ1n) is 7.06. The third-order valence-electron chi connectivity index (χ3n) is 3.08. The van der Waals surface area contributed by atoms with Crippen molar-refractivity contribution >= 4 is 11.8 Å². The molecule has 0 atom stereocenters. The highest BCUT2D eigenvalue weighted by molar-refractivity contribution is 5.88. The molecule has 0 aliphatic rings. The molecule has 2 rings (SSSR count). The number of hydrogen-bond acceptors (Lipinski definition) is 4. The lowest BCUT2D eigenvalue weighted by Crippen LogP contribution is -2.40. The summed E-state index contributed by atoms with van der Waals surface area (Å²) < 4.78 is 27.9. The molecule has 2 amide bonds. The summed E-state index contributed by atoms with van der Waals surface area (Å²) in [6.45, 7) is 2.90. The molecule has 0 unspecified atom stereocenters. The molecule has 9 heteroatoms. The van der Waals surface area contributed by atoms with Gasteiger partial charge in [0, 0.05) is 24.7 Å². The number of nitrogens with zero attached hydrogens (tertiary/aromatic N) is 2. The summed E-state index contributed by atoms with van der Waals surface area (Å²) in [5, 5.41) is 15.6. The summed E-state index contributed by atoms with van der Waals surface area (Å²) in [5.41, 5.74) is 1.75. The number of rotatable bonds is 5. The summed E-state index contributed by atoms with van der Waals surface area (Å²) in [7, 11) is 1.56. The van der Waals surface area contributed by atoms with E-state index in [1.54, 1.807) is 20.9 Å². The van der Waals surface area contributed by atoms with Crippen molar-refractivity contribution in [3.8, 4) is 11.3 Å². The van der Waals surface area contributed by atoms with Crippen molar-refractivity contribution in [2.24, 2.45) is 7.05 Å². The van der Waals surface area contributed by atoms with Crippen LogP contribution in [-0.4, -0.2) is 33.1 Å². The van der Waals surface area contributed by atoms with E-state index >= 15 is 0 Å². The molecule has 1 aromatic heterocycles. The van der Waals surface area contributed by atoms with Crippen LogP contribution < -0.4 is 10.8 Å². The zero-order valence-corrected chi connectivity index (χ0v) is 13.4. The number of hydroxylamine groups is 1. The summed E-state index contributed by atoms with van der Waals surface area (Å²) in [5.74, 6) is -1.15.